The van der Waals surface area contributed by atoms with Crippen LogP contribution in [0.25, 0.3) is 0 Å². The second-order valence-corrected chi connectivity index (χ2v) is 2.18. The van der Waals surface area contributed by atoms with Crippen LogP contribution < -0.4 is 0 Å². The zero-order valence-corrected chi connectivity index (χ0v) is 6.20. The molecule has 2 radical (unpaired) electrons. The van der Waals surface area contributed by atoms with Gasteiger partial charge in [-0.2, -0.15) is 0 Å². The molecule has 0 fully saturated rings. The first kappa shape index (κ1) is 8.00. The molecule has 0 spiro atoms. The second kappa shape index (κ2) is 5.14. The van der Waals surface area contributed by atoms with Crippen LogP contribution in [0.2, 0.25) is 0 Å². The third kappa shape index (κ3) is 3.06. The van der Waals surface area contributed by atoms with Crippen molar-refractivity contribution in [3.63, 3.8) is 0 Å². The van der Waals surface area contributed by atoms with Crippen LogP contribution in [0.5, 0.6) is 0 Å². The van der Waals surface area contributed by atoms with Gasteiger partial charge in [-0.15, -0.1) is 0 Å². The Balaban J connectivity index is 3.07. The fraction of sp³-hybridized carbons (Fsp3) is 0.875. The number of hydrogen-bond donors (Lipinski definition) is 0. The Morgan fingerprint density at radius 2 is 2.00 bits per heavy atom. The lowest BCUT2D eigenvalue weighted by molar-refractivity contribution is 0.529. The fourth-order valence-electron chi connectivity index (χ4n) is 0.901. The summed E-state index contributed by atoms with van der Waals surface area (Å²) in [5.74, 6) is 0.750. The lowest BCUT2D eigenvalue weighted by atomic mass is 9.98. The van der Waals surface area contributed by atoms with Gasteiger partial charge in [-0.1, -0.05) is 40.0 Å². The molecule has 0 aromatic carbocycles. The van der Waals surface area contributed by atoms with E-state index < -0.39 is 0 Å². The Kier molecular flexibility index (Phi) is 5.14. The van der Waals surface area contributed by atoms with E-state index in [1.807, 2.05) is 6.92 Å². The van der Waals surface area contributed by atoms with E-state index in [4.69, 9.17) is 0 Å². The zero-order chi connectivity index (χ0) is 6.41. The molecule has 0 aliphatic heterocycles. The van der Waals surface area contributed by atoms with Gasteiger partial charge in [-0.05, 0) is 12.3 Å². The van der Waals surface area contributed by atoms with Crippen LogP contribution in [0, 0.1) is 12.3 Å². The van der Waals surface area contributed by atoms with Gasteiger partial charge >= 0.3 is 0 Å². The van der Waals surface area contributed by atoms with Gasteiger partial charge < -0.3 is 0 Å². The standard InChI is InChI=1S/C8H16/c1-4-7-8(5-2)6-3/h8H,4-5,7H2,1-3H3. The highest BCUT2D eigenvalue weighted by atomic mass is 14.0. The molecule has 0 aromatic heterocycles. The van der Waals surface area contributed by atoms with Crippen molar-refractivity contribution in [1.29, 1.82) is 0 Å². The predicted molar refractivity (Wildman–Crippen MR) is 37.6 cm³/mol. The van der Waals surface area contributed by atoms with E-state index in [0.717, 1.165) is 5.92 Å². The summed E-state index contributed by atoms with van der Waals surface area (Å²) in [6.07, 6.45) is 7.11. The Morgan fingerprint density at radius 1 is 1.38 bits per heavy atom. The molecule has 0 N–H and O–H groups in total. The summed E-state index contributed by atoms with van der Waals surface area (Å²) in [5.41, 5.74) is 0. The molecule has 0 bridgehead atoms. The summed E-state index contributed by atoms with van der Waals surface area (Å²) >= 11 is 0. The third-order valence-corrected chi connectivity index (χ3v) is 1.54. The van der Waals surface area contributed by atoms with Gasteiger partial charge in [0.25, 0.3) is 0 Å². The van der Waals surface area contributed by atoms with Crippen molar-refractivity contribution in [2.24, 2.45) is 5.92 Å². The minimum Gasteiger partial charge on any atom is -0.0654 e. The average molecular weight is 112 g/mol. The molecule has 0 aliphatic carbocycles. The highest BCUT2D eigenvalue weighted by Gasteiger charge is 1.99. The molecule has 0 saturated carbocycles. The van der Waals surface area contributed by atoms with Crippen molar-refractivity contribution in [3.8, 4) is 0 Å². The molecule has 0 saturated heterocycles. The SMILES string of the molecule is C[C]C(CC)CCC. The maximum absolute atomic E-state index is 3.25. The summed E-state index contributed by atoms with van der Waals surface area (Å²) in [6, 6.07) is 0. The molecule has 0 aromatic rings. The van der Waals surface area contributed by atoms with Gasteiger partial charge in [0.05, 0.1) is 0 Å². The highest BCUT2D eigenvalue weighted by molar-refractivity contribution is 4.68. The van der Waals surface area contributed by atoms with Crippen molar-refractivity contribution in [2.45, 2.75) is 40.0 Å². The molecule has 48 valence electrons. The van der Waals surface area contributed by atoms with Gasteiger partial charge in [-0.3, -0.25) is 0 Å². The average Bonchev–Trinajstić information content (AvgIpc) is 1.83. The third-order valence-electron chi connectivity index (χ3n) is 1.54. The first-order valence-electron chi connectivity index (χ1n) is 3.52. The van der Waals surface area contributed by atoms with Crippen molar-refractivity contribution >= 4 is 0 Å². The van der Waals surface area contributed by atoms with Crippen molar-refractivity contribution in [2.75, 3.05) is 0 Å². The van der Waals surface area contributed by atoms with Gasteiger partial charge in [0, 0.05) is 0 Å². The van der Waals surface area contributed by atoms with Crippen LogP contribution >= 0.6 is 0 Å². The molecule has 0 nitrogen and oxygen atoms in total. The van der Waals surface area contributed by atoms with Crippen LogP contribution in [0.15, 0.2) is 0 Å². The van der Waals surface area contributed by atoms with E-state index in [1.54, 1.807) is 0 Å². The van der Waals surface area contributed by atoms with Crippen LogP contribution in [-0.4, -0.2) is 0 Å². The first-order chi connectivity index (χ1) is 3.85. The van der Waals surface area contributed by atoms with Crippen LogP contribution in [0.1, 0.15) is 40.0 Å². The van der Waals surface area contributed by atoms with Crippen LogP contribution in [0.3, 0.4) is 0 Å². The molecule has 0 aliphatic rings. The van der Waals surface area contributed by atoms with Crippen molar-refractivity contribution in [3.05, 3.63) is 6.42 Å². The largest absolute Gasteiger partial charge is 0.0654 e. The van der Waals surface area contributed by atoms with E-state index in [9.17, 15) is 0 Å². The normalized spacial score (nSPS) is 10.5. The van der Waals surface area contributed by atoms with E-state index >= 15 is 0 Å². The minimum atomic E-state index is 0.750. The molecule has 1 atom stereocenters. The second-order valence-electron chi connectivity index (χ2n) is 2.18. The van der Waals surface area contributed by atoms with Crippen LogP contribution in [0.4, 0.5) is 0 Å². The Morgan fingerprint density at radius 3 is 2.12 bits per heavy atom. The van der Waals surface area contributed by atoms with Gasteiger partial charge in [0.1, 0.15) is 0 Å². The lowest BCUT2D eigenvalue weighted by Gasteiger charge is -2.07. The van der Waals surface area contributed by atoms with E-state index in [2.05, 4.69) is 20.3 Å². The molecular weight excluding hydrogens is 96.1 g/mol. The maximum Gasteiger partial charge on any atom is -0.0174 e. The fourth-order valence-corrected chi connectivity index (χ4v) is 0.901. The quantitative estimate of drug-likeness (QED) is 0.524. The molecule has 0 rings (SSSR count). The molecular formula is C8H16. The molecule has 8 heavy (non-hydrogen) atoms. The summed E-state index contributed by atoms with van der Waals surface area (Å²) < 4.78 is 0. The van der Waals surface area contributed by atoms with E-state index in [-0.39, 0.29) is 0 Å². The summed E-state index contributed by atoms with van der Waals surface area (Å²) in [6.45, 7) is 6.47. The Hall–Kier alpha value is 0. The smallest absolute Gasteiger partial charge is 0.0174 e. The first-order valence-corrected chi connectivity index (χ1v) is 3.52. The van der Waals surface area contributed by atoms with E-state index in [1.165, 1.54) is 19.3 Å². The maximum atomic E-state index is 3.25. The van der Waals surface area contributed by atoms with Crippen molar-refractivity contribution in [1.82, 2.24) is 0 Å². The zero-order valence-electron chi connectivity index (χ0n) is 6.20. The molecule has 1 unspecified atom stereocenters. The number of hydrogen-bond acceptors (Lipinski definition) is 0. The van der Waals surface area contributed by atoms with Gasteiger partial charge in [0.15, 0.2) is 0 Å². The van der Waals surface area contributed by atoms with Crippen molar-refractivity contribution < 1.29 is 0 Å². The van der Waals surface area contributed by atoms with Crippen LogP contribution in [-0.2, 0) is 0 Å². The highest BCUT2D eigenvalue weighted by Crippen LogP contribution is 2.12. The van der Waals surface area contributed by atoms with E-state index in [0.29, 0.717) is 0 Å². The minimum absolute atomic E-state index is 0.750. The van der Waals surface area contributed by atoms with Gasteiger partial charge in [0.2, 0.25) is 0 Å². The molecule has 0 amide bonds. The Bertz CT molecular complexity index is 35.3. The molecule has 0 heterocycles. The number of rotatable bonds is 4. The summed E-state index contributed by atoms with van der Waals surface area (Å²) in [4.78, 5) is 0. The topological polar surface area (TPSA) is 0 Å². The molecule has 0 heteroatoms. The lowest BCUT2D eigenvalue weighted by Crippen LogP contribution is -1.95. The summed E-state index contributed by atoms with van der Waals surface area (Å²) in [5, 5.41) is 0. The monoisotopic (exact) mass is 112 g/mol. The summed E-state index contributed by atoms with van der Waals surface area (Å²) in [7, 11) is 0. The predicted octanol–water partition coefficient (Wildman–Crippen LogP) is 2.91. The van der Waals surface area contributed by atoms with Gasteiger partial charge in [-0.25, -0.2) is 0 Å². The Labute approximate surface area is 53.3 Å².